The van der Waals surface area contributed by atoms with E-state index in [0.29, 0.717) is 11.4 Å². The van der Waals surface area contributed by atoms with E-state index < -0.39 is 10.0 Å². The van der Waals surface area contributed by atoms with Crippen LogP contribution in [0.3, 0.4) is 0 Å². The van der Waals surface area contributed by atoms with Crippen LogP contribution in [0, 0.1) is 5.41 Å². The molecule has 0 spiro atoms. The maximum Gasteiger partial charge on any atom is 0.238 e. The standard InChI is InChI=1S/C14H23N3O2S/c1-14(2)8-4-3-5-13(14)17-12-9-10(20(16,18)19)6-7-11(12)15/h6-7,9,13,17H,3-5,8,15H2,1-2H3,(H2,16,18,19). The minimum Gasteiger partial charge on any atom is -0.397 e. The lowest BCUT2D eigenvalue weighted by molar-refractivity contribution is 0.217. The van der Waals surface area contributed by atoms with Gasteiger partial charge in [0.1, 0.15) is 0 Å². The second kappa shape index (κ2) is 5.26. The van der Waals surface area contributed by atoms with Gasteiger partial charge in [-0.3, -0.25) is 0 Å². The summed E-state index contributed by atoms with van der Waals surface area (Å²) < 4.78 is 22.9. The molecule has 0 aromatic heterocycles. The number of nitrogens with one attached hydrogen (secondary N) is 1. The first-order valence-electron chi connectivity index (χ1n) is 6.89. The Morgan fingerprint density at radius 1 is 1.30 bits per heavy atom. The number of sulfonamides is 1. The molecule has 112 valence electrons. The maximum absolute atomic E-state index is 11.4. The third-order valence-electron chi connectivity index (χ3n) is 4.19. The zero-order valence-electron chi connectivity index (χ0n) is 12.0. The molecule has 1 unspecified atom stereocenters. The van der Waals surface area contributed by atoms with Crippen LogP contribution >= 0.6 is 0 Å². The molecule has 0 saturated heterocycles. The van der Waals surface area contributed by atoms with Gasteiger partial charge in [0.05, 0.1) is 16.3 Å². The van der Waals surface area contributed by atoms with Crippen molar-refractivity contribution in [2.24, 2.45) is 10.6 Å². The van der Waals surface area contributed by atoms with E-state index in [9.17, 15) is 8.42 Å². The number of rotatable bonds is 3. The van der Waals surface area contributed by atoms with Gasteiger partial charge in [-0.15, -0.1) is 0 Å². The van der Waals surface area contributed by atoms with Crippen LogP contribution < -0.4 is 16.2 Å². The molecule has 1 aliphatic carbocycles. The molecule has 1 atom stereocenters. The van der Waals surface area contributed by atoms with E-state index in [4.69, 9.17) is 10.9 Å². The van der Waals surface area contributed by atoms with Crippen molar-refractivity contribution in [1.29, 1.82) is 0 Å². The minimum atomic E-state index is -3.71. The maximum atomic E-state index is 11.4. The first-order valence-corrected chi connectivity index (χ1v) is 8.44. The third kappa shape index (κ3) is 3.24. The normalized spacial score (nSPS) is 22.4. The predicted molar refractivity (Wildman–Crippen MR) is 81.9 cm³/mol. The van der Waals surface area contributed by atoms with Crippen molar-refractivity contribution in [2.75, 3.05) is 11.1 Å². The van der Waals surface area contributed by atoms with E-state index in [-0.39, 0.29) is 16.4 Å². The van der Waals surface area contributed by atoms with E-state index >= 15 is 0 Å². The number of hydrogen-bond donors (Lipinski definition) is 3. The molecule has 1 aromatic carbocycles. The quantitative estimate of drug-likeness (QED) is 0.745. The zero-order chi connectivity index (χ0) is 15.0. The lowest BCUT2D eigenvalue weighted by atomic mass is 9.73. The summed E-state index contributed by atoms with van der Waals surface area (Å²) in [6, 6.07) is 4.82. The Balaban J connectivity index is 2.29. The topological polar surface area (TPSA) is 98.2 Å². The summed E-state index contributed by atoms with van der Waals surface area (Å²) in [6.45, 7) is 4.45. The third-order valence-corrected chi connectivity index (χ3v) is 5.10. The molecule has 2 rings (SSSR count). The van der Waals surface area contributed by atoms with Crippen LogP contribution in [0.4, 0.5) is 11.4 Å². The van der Waals surface area contributed by atoms with Crippen molar-refractivity contribution in [3.63, 3.8) is 0 Å². The van der Waals surface area contributed by atoms with Crippen molar-refractivity contribution in [3.05, 3.63) is 18.2 Å². The highest BCUT2D eigenvalue weighted by Crippen LogP contribution is 2.38. The van der Waals surface area contributed by atoms with E-state index in [1.54, 1.807) is 6.07 Å². The molecule has 5 N–H and O–H groups in total. The number of anilines is 2. The summed E-state index contributed by atoms with van der Waals surface area (Å²) in [6.07, 6.45) is 4.62. The first-order chi connectivity index (χ1) is 9.20. The van der Waals surface area contributed by atoms with E-state index in [2.05, 4.69) is 19.2 Å². The van der Waals surface area contributed by atoms with Gasteiger partial charge in [-0.25, -0.2) is 13.6 Å². The molecule has 20 heavy (non-hydrogen) atoms. The Labute approximate surface area is 120 Å². The fraction of sp³-hybridized carbons (Fsp3) is 0.571. The van der Waals surface area contributed by atoms with Gasteiger partial charge in [-0.05, 0) is 36.5 Å². The summed E-state index contributed by atoms with van der Waals surface area (Å²) in [7, 11) is -3.71. The van der Waals surface area contributed by atoms with E-state index in [0.717, 1.165) is 12.8 Å². The lowest BCUT2D eigenvalue weighted by Gasteiger charge is -2.39. The van der Waals surface area contributed by atoms with Gasteiger partial charge >= 0.3 is 0 Å². The predicted octanol–water partition coefficient (Wildman–Crippen LogP) is 2.30. The van der Waals surface area contributed by atoms with Crippen molar-refractivity contribution >= 4 is 21.4 Å². The molecule has 0 bridgehead atoms. The second-order valence-corrected chi connectivity index (χ2v) is 7.79. The number of nitrogen functional groups attached to an aromatic ring is 1. The van der Waals surface area contributed by atoms with E-state index in [1.807, 2.05) is 0 Å². The number of nitrogens with two attached hydrogens (primary N) is 2. The Morgan fingerprint density at radius 3 is 2.60 bits per heavy atom. The SMILES string of the molecule is CC1(C)CCCCC1Nc1cc(S(N)(=O)=O)ccc1N. The molecule has 1 fully saturated rings. The van der Waals surface area contributed by atoms with E-state index in [1.165, 1.54) is 25.0 Å². The molecule has 0 radical (unpaired) electrons. The summed E-state index contributed by atoms with van der Waals surface area (Å²) in [5.41, 5.74) is 7.30. The van der Waals surface area contributed by atoms with Gasteiger partial charge in [0, 0.05) is 6.04 Å². The highest BCUT2D eigenvalue weighted by molar-refractivity contribution is 7.89. The fourth-order valence-corrected chi connectivity index (χ4v) is 3.33. The number of benzene rings is 1. The van der Waals surface area contributed by atoms with Gasteiger partial charge in [-0.1, -0.05) is 26.7 Å². The molecule has 6 heteroatoms. The van der Waals surface area contributed by atoms with Gasteiger partial charge in [0.2, 0.25) is 10.0 Å². The zero-order valence-corrected chi connectivity index (χ0v) is 12.8. The van der Waals surface area contributed by atoms with Crippen LogP contribution in [0.1, 0.15) is 39.5 Å². The highest BCUT2D eigenvalue weighted by Gasteiger charge is 2.32. The van der Waals surface area contributed by atoms with Gasteiger partial charge in [0.15, 0.2) is 0 Å². The summed E-state index contributed by atoms with van der Waals surface area (Å²) in [4.78, 5) is 0.0859. The van der Waals surface area contributed by atoms with Crippen molar-refractivity contribution in [1.82, 2.24) is 0 Å². The molecule has 1 aliphatic rings. The second-order valence-electron chi connectivity index (χ2n) is 6.23. The monoisotopic (exact) mass is 297 g/mol. The van der Waals surface area contributed by atoms with Gasteiger partial charge < -0.3 is 11.1 Å². The number of hydrogen-bond acceptors (Lipinski definition) is 4. The largest absolute Gasteiger partial charge is 0.397 e. The van der Waals surface area contributed by atoms with Crippen molar-refractivity contribution < 1.29 is 8.42 Å². The molecule has 0 amide bonds. The van der Waals surface area contributed by atoms with Crippen LogP contribution in [0.15, 0.2) is 23.1 Å². The molecule has 1 aromatic rings. The van der Waals surface area contributed by atoms with Gasteiger partial charge in [-0.2, -0.15) is 0 Å². The van der Waals surface area contributed by atoms with Crippen molar-refractivity contribution in [3.8, 4) is 0 Å². The first kappa shape index (κ1) is 15.1. The van der Waals surface area contributed by atoms with Gasteiger partial charge in [0.25, 0.3) is 0 Å². The molecular formula is C14H23N3O2S. The molecule has 0 aliphatic heterocycles. The Hall–Kier alpha value is -1.27. The van der Waals surface area contributed by atoms with Crippen LogP contribution in [0.5, 0.6) is 0 Å². The van der Waals surface area contributed by atoms with Crippen molar-refractivity contribution in [2.45, 2.75) is 50.5 Å². The highest BCUT2D eigenvalue weighted by atomic mass is 32.2. The Bertz CT molecular complexity index is 596. The van der Waals surface area contributed by atoms with Crippen LogP contribution in [-0.2, 0) is 10.0 Å². The summed E-state index contributed by atoms with van der Waals surface area (Å²) in [5.74, 6) is 0. The Morgan fingerprint density at radius 2 is 2.00 bits per heavy atom. The average Bonchev–Trinajstić information content (AvgIpc) is 2.32. The lowest BCUT2D eigenvalue weighted by Crippen LogP contribution is -2.39. The smallest absolute Gasteiger partial charge is 0.238 e. The van der Waals surface area contributed by atoms with Crippen LogP contribution in [-0.4, -0.2) is 14.5 Å². The molecule has 1 saturated carbocycles. The Kier molecular flexibility index (Phi) is 3.97. The molecular weight excluding hydrogens is 274 g/mol. The summed E-state index contributed by atoms with van der Waals surface area (Å²) in [5, 5.41) is 8.57. The van der Waals surface area contributed by atoms with Crippen LogP contribution in [0.2, 0.25) is 0 Å². The van der Waals surface area contributed by atoms with Crippen LogP contribution in [0.25, 0.3) is 0 Å². The molecule has 0 heterocycles. The average molecular weight is 297 g/mol. The summed E-state index contributed by atoms with van der Waals surface area (Å²) >= 11 is 0. The molecule has 5 nitrogen and oxygen atoms in total. The minimum absolute atomic E-state index is 0.0859. The number of primary sulfonamides is 1. The fourth-order valence-electron chi connectivity index (χ4n) is 2.79.